The minimum absolute atomic E-state index is 0.00186. The van der Waals surface area contributed by atoms with Crippen molar-refractivity contribution in [2.45, 2.75) is 143 Å². The Hall–Kier alpha value is -0.790. The Morgan fingerprint density at radius 3 is 1.87 bits per heavy atom. The molecule has 0 aliphatic carbocycles. The molecule has 0 spiro atoms. The van der Waals surface area contributed by atoms with Crippen LogP contribution >= 0.6 is 0 Å². The van der Waals surface area contributed by atoms with Crippen molar-refractivity contribution in [2.24, 2.45) is 11.8 Å². The third kappa shape index (κ3) is 23.5. The summed E-state index contributed by atoms with van der Waals surface area (Å²) < 4.78 is 5.41. The van der Waals surface area contributed by atoms with Crippen molar-refractivity contribution >= 4 is 5.97 Å². The lowest BCUT2D eigenvalue weighted by molar-refractivity contribution is -0.144. The molecule has 0 aliphatic rings. The standard InChI is InChI=1S/C28H54O2/c1-5-6-7-8-9-10-11-12-13-14-15-16-17-18-19-23-28(29)30-25-24-27(4)22-20-21-26(2)3/h12-13,26-27H,5-11,14-25H2,1-4H3/b13-12-. The van der Waals surface area contributed by atoms with Gasteiger partial charge in [0.25, 0.3) is 0 Å². The second-order valence-corrected chi connectivity index (χ2v) is 9.77. The molecule has 30 heavy (non-hydrogen) atoms. The molecule has 0 aromatic carbocycles. The molecule has 0 bridgehead atoms. The predicted octanol–water partition coefficient (Wildman–Crippen LogP) is 9.42. The van der Waals surface area contributed by atoms with Crippen LogP contribution in [0.25, 0.3) is 0 Å². The summed E-state index contributed by atoms with van der Waals surface area (Å²) in [6.45, 7) is 9.71. The number of carbonyl (C=O) groups is 1. The van der Waals surface area contributed by atoms with Crippen molar-refractivity contribution in [1.82, 2.24) is 0 Å². The topological polar surface area (TPSA) is 26.3 Å². The first-order valence-corrected chi connectivity index (χ1v) is 13.4. The van der Waals surface area contributed by atoms with Gasteiger partial charge in [0.15, 0.2) is 0 Å². The van der Waals surface area contributed by atoms with Gasteiger partial charge in [0.05, 0.1) is 6.61 Å². The maximum Gasteiger partial charge on any atom is 0.305 e. The highest BCUT2D eigenvalue weighted by atomic mass is 16.5. The molecule has 2 nitrogen and oxygen atoms in total. The monoisotopic (exact) mass is 422 g/mol. The third-order valence-electron chi connectivity index (χ3n) is 5.99. The lowest BCUT2D eigenvalue weighted by Crippen LogP contribution is -2.08. The molecular weight excluding hydrogens is 368 g/mol. The third-order valence-corrected chi connectivity index (χ3v) is 5.99. The van der Waals surface area contributed by atoms with Crippen LogP contribution in [0.4, 0.5) is 0 Å². The molecular formula is C28H54O2. The van der Waals surface area contributed by atoms with E-state index in [2.05, 4.69) is 39.8 Å². The van der Waals surface area contributed by atoms with E-state index >= 15 is 0 Å². The molecule has 0 rings (SSSR count). The lowest BCUT2D eigenvalue weighted by atomic mass is 9.98. The first-order chi connectivity index (χ1) is 14.6. The van der Waals surface area contributed by atoms with Crippen LogP contribution in [0.15, 0.2) is 12.2 Å². The number of unbranched alkanes of at least 4 members (excludes halogenated alkanes) is 11. The van der Waals surface area contributed by atoms with Crippen LogP contribution < -0.4 is 0 Å². The molecule has 0 amide bonds. The average Bonchev–Trinajstić information content (AvgIpc) is 2.70. The lowest BCUT2D eigenvalue weighted by Gasteiger charge is -2.12. The van der Waals surface area contributed by atoms with E-state index in [1.807, 2.05) is 0 Å². The SMILES string of the molecule is CCCCCCCC/C=C\CCCCCCCC(=O)OCCC(C)CCCC(C)C. The van der Waals surface area contributed by atoms with Gasteiger partial charge in [-0.15, -0.1) is 0 Å². The minimum Gasteiger partial charge on any atom is -0.466 e. The molecule has 0 saturated heterocycles. The highest BCUT2D eigenvalue weighted by Crippen LogP contribution is 2.15. The molecule has 0 radical (unpaired) electrons. The number of ether oxygens (including phenoxy) is 1. The fraction of sp³-hybridized carbons (Fsp3) is 0.893. The van der Waals surface area contributed by atoms with E-state index in [9.17, 15) is 4.79 Å². The van der Waals surface area contributed by atoms with Gasteiger partial charge in [0.1, 0.15) is 0 Å². The van der Waals surface area contributed by atoms with E-state index in [-0.39, 0.29) is 5.97 Å². The van der Waals surface area contributed by atoms with Gasteiger partial charge in [-0.3, -0.25) is 4.79 Å². The van der Waals surface area contributed by atoms with Crippen molar-refractivity contribution in [3.05, 3.63) is 12.2 Å². The minimum atomic E-state index is 0.00186. The van der Waals surface area contributed by atoms with E-state index in [0.717, 1.165) is 25.2 Å². The second-order valence-electron chi connectivity index (χ2n) is 9.77. The van der Waals surface area contributed by atoms with Crippen LogP contribution in [0.3, 0.4) is 0 Å². The summed E-state index contributed by atoms with van der Waals surface area (Å²) in [4.78, 5) is 11.8. The van der Waals surface area contributed by atoms with E-state index < -0.39 is 0 Å². The van der Waals surface area contributed by atoms with Gasteiger partial charge in [-0.05, 0) is 50.4 Å². The zero-order valence-corrected chi connectivity index (χ0v) is 21.1. The fourth-order valence-corrected chi connectivity index (χ4v) is 3.81. The van der Waals surface area contributed by atoms with Crippen LogP contribution in [0.2, 0.25) is 0 Å². The zero-order chi connectivity index (χ0) is 22.3. The molecule has 0 heterocycles. The van der Waals surface area contributed by atoms with Gasteiger partial charge in [0, 0.05) is 6.42 Å². The summed E-state index contributed by atoms with van der Waals surface area (Å²) in [5, 5.41) is 0. The van der Waals surface area contributed by atoms with Crippen LogP contribution in [0.5, 0.6) is 0 Å². The number of rotatable bonds is 22. The van der Waals surface area contributed by atoms with Gasteiger partial charge in [-0.1, -0.05) is 110 Å². The van der Waals surface area contributed by atoms with Crippen LogP contribution in [-0.2, 0) is 9.53 Å². The summed E-state index contributed by atoms with van der Waals surface area (Å²) in [5.74, 6) is 1.46. The number of carbonyl (C=O) groups excluding carboxylic acids is 1. The van der Waals surface area contributed by atoms with Gasteiger partial charge >= 0.3 is 5.97 Å². The van der Waals surface area contributed by atoms with E-state index in [0.29, 0.717) is 18.9 Å². The number of allylic oxidation sites excluding steroid dienone is 2. The van der Waals surface area contributed by atoms with Crippen molar-refractivity contribution in [1.29, 1.82) is 0 Å². The summed E-state index contributed by atoms with van der Waals surface area (Å²) in [6, 6.07) is 0. The number of hydrogen-bond acceptors (Lipinski definition) is 2. The van der Waals surface area contributed by atoms with Crippen LogP contribution in [-0.4, -0.2) is 12.6 Å². The molecule has 0 saturated carbocycles. The Morgan fingerprint density at radius 1 is 0.700 bits per heavy atom. The van der Waals surface area contributed by atoms with Crippen molar-refractivity contribution in [3.8, 4) is 0 Å². The molecule has 178 valence electrons. The molecule has 2 heteroatoms. The number of hydrogen-bond donors (Lipinski definition) is 0. The summed E-state index contributed by atoms with van der Waals surface area (Å²) >= 11 is 0. The molecule has 1 unspecified atom stereocenters. The van der Waals surface area contributed by atoms with E-state index in [1.54, 1.807) is 0 Å². The molecule has 0 aromatic heterocycles. The van der Waals surface area contributed by atoms with Gasteiger partial charge in [-0.2, -0.15) is 0 Å². The van der Waals surface area contributed by atoms with Crippen molar-refractivity contribution in [3.63, 3.8) is 0 Å². The Balaban J connectivity index is 3.32. The van der Waals surface area contributed by atoms with Crippen molar-refractivity contribution < 1.29 is 9.53 Å². The van der Waals surface area contributed by atoms with E-state index in [1.165, 1.54) is 89.9 Å². The normalized spacial score (nSPS) is 12.7. The summed E-state index contributed by atoms with van der Waals surface area (Å²) in [6.07, 6.45) is 26.9. The number of esters is 1. The smallest absolute Gasteiger partial charge is 0.305 e. The van der Waals surface area contributed by atoms with Crippen LogP contribution in [0.1, 0.15) is 143 Å². The highest BCUT2D eigenvalue weighted by Gasteiger charge is 2.06. The maximum atomic E-state index is 11.8. The summed E-state index contributed by atoms with van der Waals surface area (Å²) in [5.41, 5.74) is 0. The largest absolute Gasteiger partial charge is 0.466 e. The first-order valence-electron chi connectivity index (χ1n) is 13.4. The maximum absolute atomic E-state index is 11.8. The first kappa shape index (κ1) is 29.2. The quantitative estimate of drug-likeness (QED) is 0.0986. The summed E-state index contributed by atoms with van der Waals surface area (Å²) in [7, 11) is 0. The highest BCUT2D eigenvalue weighted by molar-refractivity contribution is 5.69. The molecule has 1 atom stereocenters. The predicted molar refractivity (Wildman–Crippen MR) is 133 cm³/mol. The van der Waals surface area contributed by atoms with E-state index in [4.69, 9.17) is 4.74 Å². The second kappa shape index (κ2) is 22.9. The van der Waals surface area contributed by atoms with Crippen molar-refractivity contribution in [2.75, 3.05) is 6.61 Å². The van der Waals surface area contributed by atoms with Gasteiger partial charge in [0.2, 0.25) is 0 Å². The Kier molecular flexibility index (Phi) is 22.3. The molecule has 0 N–H and O–H groups in total. The zero-order valence-electron chi connectivity index (χ0n) is 21.1. The Morgan fingerprint density at radius 2 is 1.27 bits per heavy atom. The molecule has 0 fully saturated rings. The Labute approximate surface area is 189 Å². The average molecular weight is 423 g/mol. The Bertz CT molecular complexity index is 386. The van der Waals surface area contributed by atoms with Crippen LogP contribution in [0, 0.1) is 11.8 Å². The fourth-order valence-electron chi connectivity index (χ4n) is 3.81. The van der Waals surface area contributed by atoms with Gasteiger partial charge in [-0.25, -0.2) is 0 Å². The molecule has 0 aromatic rings. The van der Waals surface area contributed by atoms with Gasteiger partial charge < -0.3 is 4.74 Å². The molecule has 0 aliphatic heterocycles.